The lowest BCUT2D eigenvalue weighted by Gasteiger charge is -2.09. The minimum atomic E-state index is -1.47. The Morgan fingerprint density at radius 3 is 2.40 bits per heavy atom. The molecule has 1 unspecified atom stereocenters. The molecule has 1 aromatic carbocycles. The van der Waals surface area contributed by atoms with Crippen molar-refractivity contribution in [3.63, 3.8) is 0 Å². The SMILES string of the molecule is CCNC(C)Cc1ccc(-c2cc(F)c(F)c(F)c2)o1. The molecular formula is C15H16F3NO. The third-order valence-electron chi connectivity index (χ3n) is 2.99. The zero-order valence-corrected chi connectivity index (χ0v) is 11.3. The summed E-state index contributed by atoms with van der Waals surface area (Å²) in [4.78, 5) is 0. The lowest BCUT2D eigenvalue weighted by atomic mass is 10.1. The maximum atomic E-state index is 13.2. The molecule has 0 amide bonds. The van der Waals surface area contributed by atoms with Crippen LogP contribution in [0.4, 0.5) is 13.2 Å². The fraction of sp³-hybridized carbons (Fsp3) is 0.333. The van der Waals surface area contributed by atoms with E-state index in [1.165, 1.54) is 0 Å². The van der Waals surface area contributed by atoms with E-state index >= 15 is 0 Å². The van der Waals surface area contributed by atoms with E-state index in [1.54, 1.807) is 12.1 Å². The van der Waals surface area contributed by atoms with Gasteiger partial charge in [0.05, 0.1) is 0 Å². The molecule has 1 N–H and O–H groups in total. The van der Waals surface area contributed by atoms with Gasteiger partial charge in [-0.15, -0.1) is 0 Å². The van der Waals surface area contributed by atoms with Crippen molar-refractivity contribution in [2.24, 2.45) is 0 Å². The van der Waals surface area contributed by atoms with E-state index < -0.39 is 17.5 Å². The Morgan fingerprint density at radius 2 is 1.80 bits per heavy atom. The van der Waals surface area contributed by atoms with Crippen LogP contribution in [0.2, 0.25) is 0 Å². The Labute approximate surface area is 115 Å². The second-order valence-electron chi connectivity index (χ2n) is 4.68. The fourth-order valence-electron chi connectivity index (χ4n) is 2.06. The first-order chi connectivity index (χ1) is 9.51. The molecule has 0 aliphatic carbocycles. The van der Waals surface area contributed by atoms with Gasteiger partial charge in [0.25, 0.3) is 0 Å². The van der Waals surface area contributed by atoms with Crippen molar-refractivity contribution in [3.8, 4) is 11.3 Å². The first kappa shape index (κ1) is 14.7. The van der Waals surface area contributed by atoms with Crippen molar-refractivity contribution in [2.45, 2.75) is 26.3 Å². The molecule has 2 nitrogen and oxygen atoms in total. The molecule has 0 fully saturated rings. The first-order valence-corrected chi connectivity index (χ1v) is 6.48. The van der Waals surface area contributed by atoms with Crippen molar-refractivity contribution in [1.29, 1.82) is 0 Å². The highest BCUT2D eigenvalue weighted by atomic mass is 19.2. The van der Waals surface area contributed by atoms with Gasteiger partial charge in [0.2, 0.25) is 0 Å². The summed E-state index contributed by atoms with van der Waals surface area (Å²) >= 11 is 0. The third kappa shape index (κ3) is 3.22. The molecule has 2 rings (SSSR count). The maximum Gasteiger partial charge on any atom is 0.194 e. The third-order valence-corrected chi connectivity index (χ3v) is 2.99. The molecule has 0 saturated heterocycles. The van der Waals surface area contributed by atoms with Gasteiger partial charge in [0.15, 0.2) is 17.5 Å². The van der Waals surface area contributed by atoms with Crippen LogP contribution in [0.5, 0.6) is 0 Å². The Kier molecular flexibility index (Phi) is 4.49. The summed E-state index contributed by atoms with van der Waals surface area (Å²) in [5, 5.41) is 3.24. The molecule has 0 spiro atoms. The monoisotopic (exact) mass is 283 g/mol. The van der Waals surface area contributed by atoms with Crippen molar-refractivity contribution < 1.29 is 17.6 Å². The molecule has 0 saturated carbocycles. The molecule has 0 bridgehead atoms. The lowest BCUT2D eigenvalue weighted by molar-refractivity contribution is 0.445. The smallest absolute Gasteiger partial charge is 0.194 e. The number of benzene rings is 1. The van der Waals surface area contributed by atoms with Crippen molar-refractivity contribution >= 4 is 0 Å². The average Bonchev–Trinajstić information content (AvgIpc) is 2.84. The van der Waals surface area contributed by atoms with E-state index in [-0.39, 0.29) is 11.6 Å². The van der Waals surface area contributed by atoms with Gasteiger partial charge < -0.3 is 9.73 Å². The summed E-state index contributed by atoms with van der Waals surface area (Å²) in [7, 11) is 0. The topological polar surface area (TPSA) is 25.2 Å². The van der Waals surface area contributed by atoms with Crippen LogP contribution in [0.25, 0.3) is 11.3 Å². The van der Waals surface area contributed by atoms with E-state index in [0.29, 0.717) is 17.9 Å². The van der Waals surface area contributed by atoms with Crippen LogP contribution < -0.4 is 5.32 Å². The average molecular weight is 283 g/mol. The van der Waals surface area contributed by atoms with E-state index in [4.69, 9.17) is 4.42 Å². The molecule has 108 valence electrons. The molecule has 1 aromatic heterocycles. The summed E-state index contributed by atoms with van der Waals surface area (Å²) < 4.78 is 44.8. The van der Waals surface area contributed by atoms with Crippen LogP contribution in [-0.2, 0) is 6.42 Å². The summed E-state index contributed by atoms with van der Waals surface area (Å²) in [5.41, 5.74) is 0.184. The molecule has 0 radical (unpaired) electrons. The highest BCUT2D eigenvalue weighted by molar-refractivity contribution is 5.57. The number of hydrogen-bond acceptors (Lipinski definition) is 2. The predicted octanol–water partition coefficient (Wildman–Crippen LogP) is 3.90. The quantitative estimate of drug-likeness (QED) is 0.842. The molecule has 2 aromatic rings. The number of furan rings is 1. The standard InChI is InChI=1S/C15H16F3NO/c1-3-19-9(2)6-11-4-5-14(20-11)10-7-12(16)15(18)13(17)8-10/h4-5,7-9,19H,3,6H2,1-2H3. The van der Waals surface area contributed by atoms with Gasteiger partial charge in [-0.2, -0.15) is 0 Å². The van der Waals surface area contributed by atoms with Crippen LogP contribution in [0.1, 0.15) is 19.6 Å². The summed E-state index contributed by atoms with van der Waals surface area (Å²) in [6.45, 7) is 4.88. The van der Waals surface area contributed by atoms with Crippen molar-refractivity contribution in [2.75, 3.05) is 6.54 Å². The predicted molar refractivity (Wildman–Crippen MR) is 70.9 cm³/mol. The molecule has 0 aliphatic heterocycles. The maximum absolute atomic E-state index is 13.2. The minimum absolute atomic E-state index is 0.184. The molecular weight excluding hydrogens is 267 g/mol. The van der Waals surface area contributed by atoms with Crippen LogP contribution in [-0.4, -0.2) is 12.6 Å². The molecule has 20 heavy (non-hydrogen) atoms. The Balaban J connectivity index is 2.20. The number of halogens is 3. The minimum Gasteiger partial charge on any atom is -0.461 e. The fourth-order valence-corrected chi connectivity index (χ4v) is 2.06. The number of hydrogen-bond donors (Lipinski definition) is 1. The largest absolute Gasteiger partial charge is 0.461 e. The first-order valence-electron chi connectivity index (χ1n) is 6.48. The highest BCUT2D eigenvalue weighted by Gasteiger charge is 2.14. The Bertz CT molecular complexity index is 572. The molecule has 5 heteroatoms. The van der Waals surface area contributed by atoms with Gasteiger partial charge in [-0.3, -0.25) is 0 Å². The van der Waals surface area contributed by atoms with E-state index in [9.17, 15) is 13.2 Å². The van der Waals surface area contributed by atoms with Crippen molar-refractivity contribution in [1.82, 2.24) is 5.32 Å². The molecule has 1 heterocycles. The highest BCUT2D eigenvalue weighted by Crippen LogP contribution is 2.26. The van der Waals surface area contributed by atoms with Gasteiger partial charge in [-0.25, -0.2) is 13.2 Å². The molecule has 1 atom stereocenters. The van der Waals surface area contributed by atoms with E-state index in [0.717, 1.165) is 18.7 Å². The van der Waals surface area contributed by atoms with Gasteiger partial charge in [-0.05, 0) is 37.7 Å². The normalized spacial score (nSPS) is 12.7. The second-order valence-corrected chi connectivity index (χ2v) is 4.68. The number of likely N-dealkylation sites (N-methyl/N-ethyl adjacent to an activating group) is 1. The zero-order chi connectivity index (χ0) is 14.7. The van der Waals surface area contributed by atoms with Gasteiger partial charge in [0, 0.05) is 18.0 Å². The summed E-state index contributed by atoms with van der Waals surface area (Å²) in [5.74, 6) is -2.89. The van der Waals surface area contributed by atoms with Crippen LogP contribution >= 0.6 is 0 Å². The summed E-state index contributed by atoms with van der Waals surface area (Å²) in [6, 6.07) is 5.46. The number of nitrogens with one attached hydrogen (secondary N) is 1. The van der Waals surface area contributed by atoms with E-state index in [2.05, 4.69) is 5.32 Å². The summed E-state index contributed by atoms with van der Waals surface area (Å²) in [6.07, 6.45) is 0.667. The van der Waals surface area contributed by atoms with Gasteiger partial charge in [-0.1, -0.05) is 6.92 Å². The molecule has 0 aliphatic rings. The van der Waals surface area contributed by atoms with Crippen LogP contribution in [0.15, 0.2) is 28.7 Å². The van der Waals surface area contributed by atoms with Gasteiger partial charge in [0.1, 0.15) is 11.5 Å². The zero-order valence-electron chi connectivity index (χ0n) is 11.3. The van der Waals surface area contributed by atoms with Crippen LogP contribution in [0, 0.1) is 17.5 Å². The Hall–Kier alpha value is -1.75. The second kappa shape index (κ2) is 6.13. The van der Waals surface area contributed by atoms with Crippen LogP contribution in [0.3, 0.4) is 0 Å². The van der Waals surface area contributed by atoms with E-state index in [1.807, 2.05) is 13.8 Å². The Morgan fingerprint density at radius 1 is 1.15 bits per heavy atom. The lowest BCUT2D eigenvalue weighted by Crippen LogP contribution is -2.27. The number of rotatable bonds is 5. The van der Waals surface area contributed by atoms with Crippen molar-refractivity contribution in [3.05, 3.63) is 47.5 Å². The van der Waals surface area contributed by atoms with Gasteiger partial charge >= 0.3 is 0 Å².